The Morgan fingerprint density at radius 3 is 2.80 bits per heavy atom. The van der Waals surface area contributed by atoms with Gasteiger partial charge in [0.2, 0.25) is 0 Å². The first-order chi connectivity index (χ1) is 9.72. The van der Waals surface area contributed by atoms with Crippen LogP contribution in [0.15, 0.2) is 18.2 Å². The predicted molar refractivity (Wildman–Crippen MR) is 81.5 cm³/mol. The first kappa shape index (κ1) is 12.2. The molecule has 0 saturated carbocycles. The van der Waals surface area contributed by atoms with Crippen LogP contribution in [0.3, 0.4) is 0 Å². The van der Waals surface area contributed by atoms with Crippen LogP contribution in [-0.2, 0) is 25.7 Å². The molecule has 1 aromatic heterocycles. The van der Waals surface area contributed by atoms with Crippen molar-refractivity contribution in [2.45, 2.75) is 52.4 Å². The highest BCUT2D eigenvalue weighted by molar-refractivity contribution is 5.45. The summed E-state index contributed by atoms with van der Waals surface area (Å²) >= 11 is 0. The topological polar surface area (TPSA) is 17.8 Å². The van der Waals surface area contributed by atoms with E-state index in [1.165, 1.54) is 66.7 Å². The monoisotopic (exact) mass is 266 g/mol. The van der Waals surface area contributed by atoms with Gasteiger partial charge in [-0.2, -0.15) is 5.10 Å². The summed E-state index contributed by atoms with van der Waals surface area (Å²) in [7, 11) is 0. The zero-order valence-corrected chi connectivity index (χ0v) is 12.4. The summed E-state index contributed by atoms with van der Waals surface area (Å²) in [6, 6.07) is 6.96. The van der Waals surface area contributed by atoms with Crippen LogP contribution in [0.5, 0.6) is 0 Å². The van der Waals surface area contributed by atoms with Gasteiger partial charge in [0, 0.05) is 5.69 Å². The summed E-state index contributed by atoms with van der Waals surface area (Å²) in [4.78, 5) is 0. The van der Waals surface area contributed by atoms with Gasteiger partial charge in [0.05, 0.1) is 11.4 Å². The number of fused-ring (bicyclic) bond motifs is 2. The fraction of sp³-hybridized carbons (Fsp3) is 0.500. The molecule has 2 heteroatoms. The van der Waals surface area contributed by atoms with E-state index in [0.29, 0.717) is 0 Å². The molecule has 0 spiro atoms. The normalized spacial score (nSPS) is 20.8. The number of nitrogens with zero attached hydrogens (tertiary/aromatic N) is 2. The number of aryl methyl sites for hydroxylation is 1. The number of hydrogen-bond donors (Lipinski definition) is 0. The van der Waals surface area contributed by atoms with Gasteiger partial charge < -0.3 is 0 Å². The van der Waals surface area contributed by atoms with Gasteiger partial charge in [-0.25, -0.2) is 4.68 Å². The molecule has 0 radical (unpaired) electrons. The predicted octanol–water partition coefficient (Wildman–Crippen LogP) is 3.79. The second-order valence-electron chi connectivity index (χ2n) is 6.60. The standard InChI is InChI=1S/C18H22N2/c1-12-9-14-7-8-16(11-15(14)10-12)20-18-6-4-3-5-17(18)13(2)19-20/h7-8,11-12H,3-6,9-10H2,1-2H3. The van der Waals surface area contributed by atoms with Gasteiger partial charge in [0.15, 0.2) is 0 Å². The van der Waals surface area contributed by atoms with Gasteiger partial charge in [-0.1, -0.05) is 13.0 Å². The third kappa shape index (κ3) is 1.81. The summed E-state index contributed by atoms with van der Waals surface area (Å²) < 4.78 is 2.22. The summed E-state index contributed by atoms with van der Waals surface area (Å²) in [5.41, 5.74) is 8.54. The lowest BCUT2D eigenvalue weighted by Crippen LogP contribution is -2.08. The van der Waals surface area contributed by atoms with E-state index in [4.69, 9.17) is 5.10 Å². The third-order valence-corrected chi connectivity index (χ3v) is 4.95. The van der Waals surface area contributed by atoms with Crippen LogP contribution >= 0.6 is 0 Å². The molecular weight excluding hydrogens is 244 g/mol. The molecule has 0 fully saturated rings. The molecule has 1 heterocycles. The Labute approximate surface area is 120 Å². The molecule has 1 unspecified atom stereocenters. The average Bonchev–Trinajstić information content (AvgIpc) is 2.98. The first-order valence-electron chi connectivity index (χ1n) is 7.92. The summed E-state index contributed by atoms with van der Waals surface area (Å²) in [5.74, 6) is 0.800. The SMILES string of the molecule is Cc1nn(-c2ccc3c(c2)CC(C)C3)c2c1CCCC2. The van der Waals surface area contributed by atoms with Gasteiger partial charge in [0.25, 0.3) is 0 Å². The molecule has 0 N–H and O–H groups in total. The molecule has 2 aromatic rings. The van der Waals surface area contributed by atoms with Crippen LogP contribution < -0.4 is 0 Å². The van der Waals surface area contributed by atoms with Crippen molar-refractivity contribution < 1.29 is 0 Å². The molecule has 104 valence electrons. The Morgan fingerprint density at radius 2 is 1.90 bits per heavy atom. The molecule has 0 bridgehead atoms. The summed E-state index contributed by atoms with van der Waals surface area (Å²) in [5, 5.41) is 4.82. The summed E-state index contributed by atoms with van der Waals surface area (Å²) in [6.45, 7) is 4.51. The van der Waals surface area contributed by atoms with E-state index >= 15 is 0 Å². The van der Waals surface area contributed by atoms with Gasteiger partial charge in [-0.05, 0) is 80.2 Å². The maximum absolute atomic E-state index is 4.82. The highest BCUT2D eigenvalue weighted by Gasteiger charge is 2.22. The Hall–Kier alpha value is -1.57. The van der Waals surface area contributed by atoms with Gasteiger partial charge in [-0.3, -0.25) is 0 Å². The molecule has 1 atom stereocenters. The van der Waals surface area contributed by atoms with E-state index in [1.54, 1.807) is 5.56 Å². The average molecular weight is 266 g/mol. The van der Waals surface area contributed by atoms with Gasteiger partial charge in [0.1, 0.15) is 0 Å². The van der Waals surface area contributed by atoms with Crippen molar-refractivity contribution in [2.75, 3.05) is 0 Å². The molecule has 2 aliphatic carbocycles. The maximum Gasteiger partial charge on any atom is 0.0651 e. The zero-order chi connectivity index (χ0) is 13.7. The highest BCUT2D eigenvalue weighted by atomic mass is 15.3. The fourth-order valence-electron chi connectivity index (χ4n) is 3.95. The quantitative estimate of drug-likeness (QED) is 0.768. The van der Waals surface area contributed by atoms with Crippen molar-refractivity contribution in [3.05, 3.63) is 46.3 Å². The van der Waals surface area contributed by atoms with Crippen LogP contribution in [0.4, 0.5) is 0 Å². The lowest BCUT2D eigenvalue weighted by Gasteiger charge is -2.14. The molecule has 2 nitrogen and oxygen atoms in total. The lowest BCUT2D eigenvalue weighted by molar-refractivity contribution is 0.627. The van der Waals surface area contributed by atoms with E-state index in [2.05, 4.69) is 36.7 Å². The third-order valence-electron chi connectivity index (χ3n) is 4.95. The number of benzene rings is 1. The molecule has 0 amide bonds. The Balaban J connectivity index is 1.81. The Morgan fingerprint density at radius 1 is 1.10 bits per heavy atom. The number of rotatable bonds is 1. The number of hydrogen-bond acceptors (Lipinski definition) is 1. The summed E-state index contributed by atoms with van der Waals surface area (Å²) in [6.07, 6.45) is 7.49. The molecule has 0 saturated heterocycles. The van der Waals surface area contributed by atoms with E-state index < -0.39 is 0 Å². The smallest absolute Gasteiger partial charge is 0.0651 e. The van der Waals surface area contributed by atoms with Crippen molar-refractivity contribution >= 4 is 0 Å². The van der Waals surface area contributed by atoms with Crippen molar-refractivity contribution in [3.63, 3.8) is 0 Å². The molecule has 4 rings (SSSR count). The zero-order valence-electron chi connectivity index (χ0n) is 12.4. The minimum atomic E-state index is 0.800. The molecule has 20 heavy (non-hydrogen) atoms. The van der Waals surface area contributed by atoms with E-state index in [0.717, 1.165) is 5.92 Å². The van der Waals surface area contributed by atoms with E-state index in [-0.39, 0.29) is 0 Å². The van der Waals surface area contributed by atoms with Crippen LogP contribution in [0.25, 0.3) is 5.69 Å². The lowest BCUT2D eigenvalue weighted by atomic mass is 9.96. The van der Waals surface area contributed by atoms with Crippen molar-refractivity contribution in [1.29, 1.82) is 0 Å². The van der Waals surface area contributed by atoms with Crippen LogP contribution in [0.2, 0.25) is 0 Å². The van der Waals surface area contributed by atoms with E-state index in [9.17, 15) is 0 Å². The van der Waals surface area contributed by atoms with Gasteiger partial charge >= 0.3 is 0 Å². The largest absolute Gasteiger partial charge is 0.237 e. The highest BCUT2D eigenvalue weighted by Crippen LogP contribution is 2.31. The van der Waals surface area contributed by atoms with E-state index in [1.807, 2.05) is 0 Å². The van der Waals surface area contributed by atoms with Crippen LogP contribution in [0.1, 0.15) is 47.8 Å². The number of aromatic nitrogens is 2. The Kier molecular flexibility index (Phi) is 2.73. The van der Waals surface area contributed by atoms with Crippen molar-refractivity contribution in [3.8, 4) is 5.69 Å². The second kappa shape index (κ2) is 4.47. The minimum Gasteiger partial charge on any atom is -0.237 e. The van der Waals surface area contributed by atoms with Gasteiger partial charge in [-0.15, -0.1) is 0 Å². The van der Waals surface area contributed by atoms with Crippen molar-refractivity contribution in [2.24, 2.45) is 5.92 Å². The molecule has 1 aromatic carbocycles. The minimum absolute atomic E-state index is 0.800. The van der Waals surface area contributed by atoms with Crippen molar-refractivity contribution in [1.82, 2.24) is 9.78 Å². The van der Waals surface area contributed by atoms with Crippen LogP contribution in [-0.4, -0.2) is 9.78 Å². The van der Waals surface area contributed by atoms with Crippen LogP contribution in [0, 0.1) is 12.8 Å². The molecular formula is C18H22N2. The maximum atomic E-state index is 4.82. The first-order valence-corrected chi connectivity index (χ1v) is 7.92. The second-order valence-corrected chi connectivity index (χ2v) is 6.60. The Bertz CT molecular complexity index is 666. The molecule has 2 aliphatic rings. The fourth-order valence-corrected chi connectivity index (χ4v) is 3.95. The molecule has 0 aliphatic heterocycles.